The second kappa shape index (κ2) is 5.73. The molecule has 0 aromatic heterocycles. The lowest BCUT2D eigenvalue weighted by atomic mass is 9.82. The second-order valence-electron chi connectivity index (χ2n) is 6.04. The van der Waals surface area contributed by atoms with Gasteiger partial charge >= 0.3 is 0 Å². The fourth-order valence-electron chi connectivity index (χ4n) is 3.32. The quantitative estimate of drug-likeness (QED) is 0.823. The lowest BCUT2D eigenvalue weighted by Crippen LogP contribution is -2.27. The molecule has 1 aliphatic carbocycles. The Morgan fingerprint density at radius 2 is 1.79 bits per heavy atom. The van der Waals surface area contributed by atoms with E-state index in [2.05, 4.69) is 6.08 Å². The van der Waals surface area contributed by atoms with E-state index in [4.69, 9.17) is 9.47 Å². The molecule has 2 aliphatic rings. The summed E-state index contributed by atoms with van der Waals surface area (Å²) in [5.41, 5.74) is 3.06. The molecule has 2 aromatic rings. The highest BCUT2D eigenvalue weighted by Crippen LogP contribution is 2.43. The zero-order valence-electron chi connectivity index (χ0n) is 13.2. The molecular weight excluding hydrogens is 304 g/mol. The van der Waals surface area contributed by atoms with E-state index in [0.29, 0.717) is 5.75 Å². The highest BCUT2D eigenvalue weighted by Gasteiger charge is 2.31. The number of phenols is 2. The summed E-state index contributed by atoms with van der Waals surface area (Å²) in [7, 11) is 1.55. The van der Waals surface area contributed by atoms with Crippen LogP contribution in [0.5, 0.6) is 17.2 Å². The van der Waals surface area contributed by atoms with Gasteiger partial charge < -0.3 is 19.7 Å². The average molecular weight is 322 g/mol. The first-order chi connectivity index (χ1) is 11.7. The smallest absolute Gasteiger partial charge is 0.160 e. The van der Waals surface area contributed by atoms with Crippen molar-refractivity contribution < 1.29 is 19.7 Å². The molecule has 0 saturated carbocycles. The van der Waals surface area contributed by atoms with Gasteiger partial charge in [-0.1, -0.05) is 36.4 Å². The van der Waals surface area contributed by atoms with E-state index in [1.807, 2.05) is 36.4 Å². The van der Waals surface area contributed by atoms with Crippen LogP contribution in [0.2, 0.25) is 0 Å². The largest absolute Gasteiger partial charge is 0.508 e. The Bertz CT molecular complexity index is 820. The third kappa shape index (κ3) is 2.45. The number of fused-ring (bicyclic) bond motifs is 3. The van der Waals surface area contributed by atoms with Crippen molar-refractivity contribution in [2.75, 3.05) is 7.11 Å². The summed E-state index contributed by atoms with van der Waals surface area (Å²) in [4.78, 5) is 0. The van der Waals surface area contributed by atoms with E-state index < -0.39 is 0 Å². The van der Waals surface area contributed by atoms with E-state index in [0.717, 1.165) is 16.7 Å². The summed E-state index contributed by atoms with van der Waals surface area (Å²) < 4.78 is 11.4. The highest BCUT2D eigenvalue weighted by molar-refractivity contribution is 5.65. The van der Waals surface area contributed by atoms with Crippen molar-refractivity contribution in [2.24, 2.45) is 0 Å². The number of rotatable bonds is 2. The molecule has 1 heterocycles. The molecule has 1 aliphatic heterocycles. The first-order valence-corrected chi connectivity index (χ1v) is 7.87. The third-order valence-corrected chi connectivity index (χ3v) is 4.58. The van der Waals surface area contributed by atoms with Crippen LogP contribution in [0.25, 0.3) is 6.08 Å². The van der Waals surface area contributed by atoms with Gasteiger partial charge in [0.2, 0.25) is 0 Å². The normalized spacial score (nSPS) is 24.3. The van der Waals surface area contributed by atoms with Gasteiger partial charge in [0.25, 0.3) is 0 Å². The number of benzene rings is 2. The first kappa shape index (κ1) is 14.8. The van der Waals surface area contributed by atoms with Gasteiger partial charge in [0, 0.05) is 5.92 Å². The summed E-state index contributed by atoms with van der Waals surface area (Å²) in [6.07, 6.45) is 7.96. The number of hydrogen-bond donors (Lipinski definition) is 2. The highest BCUT2D eigenvalue weighted by atomic mass is 16.5. The van der Waals surface area contributed by atoms with E-state index in [-0.39, 0.29) is 29.6 Å². The van der Waals surface area contributed by atoms with Crippen molar-refractivity contribution in [3.63, 3.8) is 0 Å². The van der Waals surface area contributed by atoms with Crippen molar-refractivity contribution in [3.8, 4) is 17.2 Å². The van der Waals surface area contributed by atoms with Crippen LogP contribution in [0.1, 0.15) is 28.7 Å². The molecule has 0 unspecified atom stereocenters. The monoisotopic (exact) mass is 322 g/mol. The summed E-state index contributed by atoms with van der Waals surface area (Å²) in [6, 6.07) is 10.7. The molecule has 0 amide bonds. The summed E-state index contributed by atoms with van der Waals surface area (Å²) in [5.74, 6) is 0.946. The molecule has 0 bridgehead atoms. The van der Waals surface area contributed by atoms with E-state index in [1.165, 1.54) is 0 Å². The number of hydrogen-bond acceptors (Lipinski definition) is 4. The van der Waals surface area contributed by atoms with Crippen molar-refractivity contribution in [1.29, 1.82) is 0 Å². The molecule has 0 radical (unpaired) electrons. The molecule has 4 nitrogen and oxygen atoms in total. The molecule has 4 heteroatoms. The van der Waals surface area contributed by atoms with E-state index >= 15 is 0 Å². The van der Waals surface area contributed by atoms with Crippen LogP contribution in [0.15, 0.2) is 54.6 Å². The van der Waals surface area contributed by atoms with Crippen LogP contribution in [-0.2, 0) is 4.74 Å². The topological polar surface area (TPSA) is 58.9 Å². The fourth-order valence-corrected chi connectivity index (χ4v) is 3.32. The van der Waals surface area contributed by atoms with Crippen LogP contribution < -0.4 is 4.74 Å². The first-order valence-electron chi connectivity index (χ1n) is 7.87. The van der Waals surface area contributed by atoms with Gasteiger partial charge in [-0.3, -0.25) is 0 Å². The van der Waals surface area contributed by atoms with Crippen molar-refractivity contribution in [3.05, 3.63) is 71.3 Å². The average Bonchev–Trinajstić information content (AvgIpc) is 2.61. The number of methoxy groups -OCH3 is 1. The van der Waals surface area contributed by atoms with Crippen molar-refractivity contribution in [2.45, 2.75) is 18.1 Å². The Kier molecular flexibility index (Phi) is 3.54. The summed E-state index contributed by atoms with van der Waals surface area (Å²) in [5, 5.41) is 19.4. The van der Waals surface area contributed by atoms with E-state index in [9.17, 15) is 10.2 Å². The predicted octanol–water partition coefficient (Wildman–Crippen LogP) is 3.91. The molecule has 3 atom stereocenters. The summed E-state index contributed by atoms with van der Waals surface area (Å²) >= 11 is 0. The Morgan fingerprint density at radius 3 is 2.54 bits per heavy atom. The minimum Gasteiger partial charge on any atom is -0.508 e. The minimum atomic E-state index is -0.142. The van der Waals surface area contributed by atoms with Gasteiger partial charge in [-0.05, 0) is 41.0 Å². The van der Waals surface area contributed by atoms with Crippen LogP contribution >= 0.6 is 0 Å². The number of aromatic hydroxyl groups is 2. The molecule has 0 saturated heterocycles. The van der Waals surface area contributed by atoms with Crippen LogP contribution in [-0.4, -0.2) is 23.4 Å². The van der Waals surface area contributed by atoms with Crippen molar-refractivity contribution >= 4 is 6.08 Å². The maximum Gasteiger partial charge on any atom is 0.160 e. The molecule has 24 heavy (non-hydrogen) atoms. The maximum atomic E-state index is 9.95. The second-order valence-corrected chi connectivity index (χ2v) is 6.04. The molecular formula is C20H18O4. The molecule has 0 fully saturated rings. The lowest BCUT2D eigenvalue weighted by molar-refractivity contribution is 0.0223. The number of ether oxygens (including phenoxy) is 2. The molecule has 0 spiro atoms. The molecule has 4 rings (SSSR count). The maximum absolute atomic E-state index is 9.95. The Balaban J connectivity index is 1.68. The van der Waals surface area contributed by atoms with Gasteiger partial charge in [0.15, 0.2) is 11.5 Å². The molecule has 2 N–H and O–H groups in total. The van der Waals surface area contributed by atoms with Gasteiger partial charge in [-0.15, -0.1) is 0 Å². The van der Waals surface area contributed by atoms with E-state index in [1.54, 1.807) is 25.3 Å². The number of phenolic OH excluding ortho intramolecular Hbond substituents is 2. The SMILES string of the molecule is COc1cc2c(cc1O)C=C[C@@H]1O[C@@H](c3ccc(O)cc3)C=C[C@H]21. The van der Waals surface area contributed by atoms with Crippen LogP contribution in [0, 0.1) is 0 Å². The third-order valence-electron chi connectivity index (χ3n) is 4.58. The standard InChI is InChI=1S/C20H18O4/c1-23-20-11-16-13(10-17(20)22)4-8-19-15(16)7-9-18(24-19)12-2-5-14(21)6-3-12/h2-11,15,18-19,21-22H,1H3/t15-,18-,19+/m1/s1. The van der Waals surface area contributed by atoms with Crippen LogP contribution in [0.3, 0.4) is 0 Å². The predicted molar refractivity (Wildman–Crippen MR) is 91.3 cm³/mol. The molecule has 2 aromatic carbocycles. The van der Waals surface area contributed by atoms with Gasteiger partial charge in [0.05, 0.1) is 13.2 Å². The minimum absolute atomic E-state index is 0.0736. The van der Waals surface area contributed by atoms with Gasteiger partial charge in [0.1, 0.15) is 11.9 Å². The molecule has 122 valence electrons. The lowest BCUT2D eigenvalue weighted by Gasteiger charge is -2.34. The van der Waals surface area contributed by atoms with Gasteiger partial charge in [-0.2, -0.15) is 0 Å². The summed E-state index contributed by atoms with van der Waals surface area (Å²) in [6.45, 7) is 0. The zero-order chi connectivity index (χ0) is 16.7. The van der Waals surface area contributed by atoms with Crippen molar-refractivity contribution in [1.82, 2.24) is 0 Å². The van der Waals surface area contributed by atoms with Gasteiger partial charge in [-0.25, -0.2) is 0 Å². The Labute approximate surface area is 140 Å². The Morgan fingerprint density at radius 1 is 1.00 bits per heavy atom. The Hall–Kier alpha value is -2.72. The van der Waals surface area contributed by atoms with Crippen LogP contribution in [0.4, 0.5) is 0 Å². The zero-order valence-corrected chi connectivity index (χ0v) is 13.2. The fraction of sp³-hybridized carbons (Fsp3) is 0.200.